The van der Waals surface area contributed by atoms with Crippen LogP contribution in [-0.2, 0) is 11.2 Å². The Bertz CT molecular complexity index is 1500. The normalized spacial score (nSPS) is 12.4. The molecule has 3 aromatic rings. The number of hydrogen-bond donors (Lipinski definition) is 3. The highest BCUT2D eigenvalue weighted by Crippen LogP contribution is 2.32. The average Bonchev–Trinajstić information content (AvgIpc) is 2.85. The Balaban J connectivity index is 2.04. The third kappa shape index (κ3) is 7.80. The molecule has 222 valence electrons. The number of likely N-dealkylation sites (N-methyl/N-ethyl adjacent to an activating group) is 2. The summed E-state index contributed by atoms with van der Waals surface area (Å²) < 4.78 is 6.86. The Morgan fingerprint density at radius 2 is 1.71 bits per heavy atom. The van der Waals surface area contributed by atoms with Crippen molar-refractivity contribution in [2.45, 2.75) is 45.7 Å². The smallest absolute Gasteiger partial charge is 0.412 e. The molecule has 0 fully saturated rings. The average molecular weight is 791 g/mol. The number of carbonyl (C=O) groups excluding carboxylic acids is 1. The van der Waals surface area contributed by atoms with Gasteiger partial charge in [-0.15, -0.1) is 0 Å². The number of aryl methyl sites for hydroxylation is 1. The molecule has 0 aliphatic rings. The van der Waals surface area contributed by atoms with E-state index >= 15 is 0 Å². The van der Waals surface area contributed by atoms with Gasteiger partial charge in [0.15, 0.2) is 0 Å². The highest BCUT2D eigenvalue weighted by molar-refractivity contribution is 14.1. The number of carboxylic acid groups (broad SMARTS) is 1. The lowest BCUT2D eigenvalue weighted by atomic mass is 10.0. The van der Waals surface area contributed by atoms with Crippen molar-refractivity contribution in [3.8, 4) is 5.75 Å². The molecule has 1 heterocycles. The van der Waals surface area contributed by atoms with Crippen LogP contribution in [-0.4, -0.2) is 82.8 Å². The number of nitrogens with zero attached hydrogens (tertiary/aromatic N) is 4. The van der Waals surface area contributed by atoms with Gasteiger partial charge in [-0.1, -0.05) is 0 Å². The second-order valence-electron chi connectivity index (χ2n) is 11.1. The highest BCUT2D eigenvalue weighted by Gasteiger charge is 2.30. The summed E-state index contributed by atoms with van der Waals surface area (Å²) in [5.41, 5.74) is 0.455. The maximum absolute atomic E-state index is 13.6. The van der Waals surface area contributed by atoms with Crippen molar-refractivity contribution >= 4 is 79.8 Å². The number of phenols is 1. The first-order valence-electron chi connectivity index (χ1n) is 12.8. The first-order chi connectivity index (χ1) is 19.0. The van der Waals surface area contributed by atoms with Crippen LogP contribution in [0, 0.1) is 14.1 Å². The zero-order valence-electron chi connectivity index (χ0n) is 24.1. The highest BCUT2D eigenvalue weighted by atomic mass is 127. The Labute approximate surface area is 266 Å². The van der Waals surface area contributed by atoms with E-state index in [1.54, 1.807) is 63.9 Å². The van der Waals surface area contributed by atoms with Crippen LogP contribution in [0.4, 0.5) is 16.5 Å². The second-order valence-corrected chi connectivity index (χ2v) is 13.4. The summed E-state index contributed by atoms with van der Waals surface area (Å²) >= 11 is 4.08. The van der Waals surface area contributed by atoms with E-state index in [1.165, 1.54) is 4.90 Å². The molecule has 3 N–H and O–H groups in total. The molecular weight excluding hydrogens is 756 g/mol. The van der Waals surface area contributed by atoms with Crippen LogP contribution in [0.15, 0.2) is 33.5 Å². The van der Waals surface area contributed by atoms with E-state index in [1.807, 2.05) is 64.2 Å². The van der Waals surface area contributed by atoms with Crippen molar-refractivity contribution in [3.05, 3.63) is 53.0 Å². The van der Waals surface area contributed by atoms with Crippen LogP contribution in [0.1, 0.15) is 31.9 Å². The van der Waals surface area contributed by atoms with Crippen molar-refractivity contribution in [1.82, 2.24) is 14.8 Å². The summed E-state index contributed by atoms with van der Waals surface area (Å²) in [4.78, 5) is 48.1. The van der Waals surface area contributed by atoms with Crippen molar-refractivity contribution in [3.63, 3.8) is 0 Å². The zero-order valence-corrected chi connectivity index (χ0v) is 28.4. The lowest BCUT2D eigenvalue weighted by Crippen LogP contribution is -2.45. The molecule has 2 aromatic carbocycles. The molecule has 2 amide bonds. The van der Waals surface area contributed by atoms with E-state index in [2.05, 4.69) is 10.3 Å². The minimum atomic E-state index is -1.14. The van der Waals surface area contributed by atoms with Gasteiger partial charge in [-0.05, 0) is 122 Å². The molecule has 1 atom stereocenters. The van der Waals surface area contributed by atoms with Gasteiger partial charge in [0, 0.05) is 32.1 Å². The summed E-state index contributed by atoms with van der Waals surface area (Å²) in [7, 11) is 5.56. The summed E-state index contributed by atoms with van der Waals surface area (Å²) in [6.45, 7) is 8.10. The van der Waals surface area contributed by atoms with E-state index in [0.29, 0.717) is 37.0 Å². The molecule has 0 aliphatic carbocycles. The molecule has 13 heteroatoms. The fourth-order valence-corrected chi connectivity index (χ4v) is 6.31. The van der Waals surface area contributed by atoms with Gasteiger partial charge >= 0.3 is 11.7 Å². The molecule has 3 rings (SSSR count). The first kappa shape index (κ1) is 32.8. The molecule has 0 saturated carbocycles. The molecule has 0 saturated heterocycles. The summed E-state index contributed by atoms with van der Waals surface area (Å²) in [5, 5.41) is 23.2. The van der Waals surface area contributed by atoms with Crippen molar-refractivity contribution in [2.75, 3.05) is 44.4 Å². The topological polar surface area (TPSA) is 139 Å². The third-order valence-electron chi connectivity index (χ3n) is 6.50. The number of hydrogen-bond acceptors (Lipinski definition) is 8. The third-order valence-corrected chi connectivity index (χ3v) is 8.15. The molecule has 0 aliphatic heterocycles. The van der Waals surface area contributed by atoms with E-state index in [4.69, 9.17) is 4.42 Å². The van der Waals surface area contributed by atoms with Crippen LogP contribution in [0.25, 0.3) is 10.9 Å². The largest absolute Gasteiger partial charge is 0.506 e. The van der Waals surface area contributed by atoms with E-state index in [-0.39, 0.29) is 29.5 Å². The van der Waals surface area contributed by atoms with Gasteiger partial charge in [0.25, 0.3) is 6.01 Å². The number of aromatic nitrogens is 1. The SMILES string of the molecule is Cc1c(N(C(=O)O)C(C)(C)C)ccc2nc(N[C@@H](Cc3cc(I)c(O)c(I)c3)C(=O)N(C)CCN(C)C)oc(=O)c12. The van der Waals surface area contributed by atoms with Gasteiger partial charge in [0.1, 0.15) is 11.8 Å². The fraction of sp³-hybridized carbons (Fsp3) is 0.429. The molecule has 0 spiro atoms. The molecular formula is C28H35I2N5O6. The number of aromatic hydroxyl groups is 1. The molecule has 41 heavy (non-hydrogen) atoms. The van der Waals surface area contributed by atoms with Crippen LogP contribution < -0.4 is 15.8 Å². The fourth-order valence-electron chi connectivity index (χ4n) is 4.41. The van der Waals surface area contributed by atoms with Crippen LogP contribution in [0.3, 0.4) is 0 Å². The number of rotatable bonds is 9. The molecule has 0 radical (unpaired) electrons. The minimum absolute atomic E-state index is 0.122. The van der Waals surface area contributed by atoms with Gasteiger partial charge in [0.05, 0.1) is 23.7 Å². The predicted octanol–water partition coefficient (Wildman–Crippen LogP) is 4.74. The number of amides is 2. The summed E-state index contributed by atoms with van der Waals surface area (Å²) in [5.74, 6) is -0.0398. The Hall–Kier alpha value is -2.66. The van der Waals surface area contributed by atoms with Gasteiger partial charge in [0.2, 0.25) is 5.91 Å². The number of phenolic OH excluding ortho intramolecular Hbond substituents is 1. The lowest BCUT2D eigenvalue weighted by Gasteiger charge is -2.34. The van der Waals surface area contributed by atoms with Crippen molar-refractivity contribution in [2.24, 2.45) is 0 Å². The van der Waals surface area contributed by atoms with E-state index in [0.717, 1.165) is 5.56 Å². The number of anilines is 2. The van der Waals surface area contributed by atoms with E-state index in [9.17, 15) is 24.6 Å². The minimum Gasteiger partial charge on any atom is -0.506 e. The molecule has 0 unspecified atom stereocenters. The number of fused-ring (bicyclic) bond motifs is 1. The standard InChI is InChI=1S/C28H35I2N5O6/c1-15-21(35(27(39)40)28(2,3)4)9-8-19-22(15)25(38)41-26(31-19)32-20(24(37)34(7)11-10-33(5)6)14-16-12-17(29)23(36)18(30)13-16/h8-9,12-13,20,36H,10-11,14H2,1-7H3,(H,31,32)(H,39,40)/t20-/m0/s1. The maximum atomic E-state index is 13.6. The monoisotopic (exact) mass is 791 g/mol. The molecule has 11 nitrogen and oxygen atoms in total. The van der Waals surface area contributed by atoms with Gasteiger partial charge < -0.3 is 29.7 Å². The van der Waals surface area contributed by atoms with Crippen LogP contribution in [0.2, 0.25) is 0 Å². The number of nitrogens with one attached hydrogen (secondary N) is 1. The zero-order chi connectivity index (χ0) is 30.8. The predicted molar refractivity (Wildman–Crippen MR) is 176 cm³/mol. The van der Waals surface area contributed by atoms with Gasteiger partial charge in [-0.25, -0.2) is 9.59 Å². The molecule has 1 aromatic heterocycles. The first-order valence-corrected chi connectivity index (χ1v) is 15.0. The van der Waals surface area contributed by atoms with E-state index < -0.39 is 23.3 Å². The van der Waals surface area contributed by atoms with Crippen molar-refractivity contribution in [1.29, 1.82) is 0 Å². The lowest BCUT2D eigenvalue weighted by molar-refractivity contribution is -0.130. The van der Waals surface area contributed by atoms with Gasteiger partial charge in [-0.3, -0.25) is 9.69 Å². The Morgan fingerprint density at radius 3 is 2.24 bits per heavy atom. The van der Waals surface area contributed by atoms with Crippen LogP contribution >= 0.6 is 45.2 Å². The van der Waals surface area contributed by atoms with Crippen LogP contribution in [0.5, 0.6) is 5.75 Å². The summed E-state index contributed by atoms with van der Waals surface area (Å²) in [6.07, 6.45) is -0.897. The number of benzene rings is 2. The number of carbonyl (C=O) groups is 2. The second kappa shape index (κ2) is 13.1. The Morgan fingerprint density at radius 1 is 1.10 bits per heavy atom. The quantitative estimate of drug-likeness (QED) is 0.263. The van der Waals surface area contributed by atoms with Crippen molar-refractivity contribution < 1.29 is 24.2 Å². The number of halogens is 2. The maximum Gasteiger partial charge on any atom is 0.412 e. The summed E-state index contributed by atoms with van der Waals surface area (Å²) in [6, 6.07) is 5.85. The molecule has 0 bridgehead atoms. The Kier molecular flexibility index (Phi) is 10.5. The van der Waals surface area contributed by atoms with Gasteiger partial charge in [-0.2, -0.15) is 4.98 Å².